The van der Waals surface area contributed by atoms with Gasteiger partial charge < -0.3 is 10.1 Å². The number of nitrogens with one attached hydrogen (secondary N) is 1. The van der Waals surface area contributed by atoms with E-state index < -0.39 is 5.97 Å². The maximum Gasteiger partial charge on any atom is 0.339 e. The molecule has 0 saturated heterocycles. The molecule has 2 aromatic heterocycles. The van der Waals surface area contributed by atoms with Crippen LogP contribution in [0, 0.1) is 6.92 Å². The smallest absolute Gasteiger partial charge is 0.339 e. The number of aromatic nitrogens is 3. The van der Waals surface area contributed by atoms with Crippen LogP contribution in [0.1, 0.15) is 27.7 Å². The van der Waals surface area contributed by atoms with Gasteiger partial charge >= 0.3 is 5.97 Å². The van der Waals surface area contributed by atoms with Crippen molar-refractivity contribution in [1.29, 1.82) is 0 Å². The molecule has 3 aromatic rings. The quantitative estimate of drug-likeness (QED) is 0.669. The third-order valence-electron chi connectivity index (χ3n) is 4.07. The average molecular weight is 371 g/mol. The van der Waals surface area contributed by atoms with Crippen LogP contribution in [0.15, 0.2) is 54.9 Å². The van der Waals surface area contributed by atoms with E-state index >= 15 is 0 Å². The van der Waals surface area contributed by atoms with E-state index in [-0.39, 0.29) is 6.04 Å². The molecule has 1 N–H and O–H groups in total. The summed E-state index contributed by atoms with van der Waals surface area (Å²) in [4.78, 5) is 16.1. The summed E-state index contributed by atoms with van der Waals surface area (Å²) < 4.78 is 6.63. The Bertz CT molecular complexity index is 879. The normalized spacial score (nSPS) is 11.8. The highest BCUT2D eigenvalue weighted by molar-refractivity contribution is 6.30. The van der Waals surface area contributed by atoms with E-state index in [9.17, 15) is 4.79 Å². The van der Waals surface area contributed by atoms with E-state index in [1.54, 1.807) is 25.3 Å². The lowest BCUT2D eigenvalue weighted by molar-refractivity contribution is 0.0599. The fraction of sp³-hybridized carbons (Fsp3) is 0.211. The Kier molecular flexibility index (Phi) is 5.53. The topological polar surface area (TPSA) is 69.0 Å². The summed E-state index contributed by atoms with van der Waals surface area (Å²) in [6.07, 6.45) is 3.66. The van der Waals surface area contributed by atoms with Crippen molar-refractivity contribution in [3.63, 3.8) is 0 Å². The van der Waals surface area contributed by atoms with Crippen LogP contribution in [-0.4, -0.2) is 34.4 Å². The predicted octanol–water partition coefficient (Wildman–Crippen LogP) is 3.73. The van der Waals surface area contributed by atoms with Crippen LogP contribution < -0.4 is 5.32 Å². The summed E-state index contributed by atoms with van der Waals surface area (Å²) in [5, 5.41) is 8.36. The van der Waals surface area contributed by atoms with Gasteiger partial charge in [0.15, 0.2) is 0 Å². The molecule has 0 spiro atoms. The van der Waals surface area contributed by atoms with Gasteiger partial charge in [0.05, 0.1) is 24.4 Å². The van der Waals surface area contributed by atoms with Crippen LogP contribution in [0.3, 0.4) is 0 Å². The molecule has 1 aromatic carbocycles. The number of pyridine rings is 1. The van der Waals surface area contributed by atoms with E-state index in [2.05, 4.69) is 15.4 Å². The maximum atomic E-state index is 11.7. The molecule has 1 atom stereocenters. The Hall–Kier alpha value is -2.86. The van der Waals surface area contributed by atoms with Crippen molar-refractivity contribution in [2.75, 3.05) is 19.0 Å². The lowest BCUT2D eigenvalue weighted by Crippen LogP contribution is -2.21. The molecule has 0 aliphatic carbocycles. The molecule has 134 valence electrons. The van der Waals surface area contributed by atoms with Gasteiger partial charge in [0.2, 0.25) is 0 Å². The summed E-state index contributed by atoms with van der Waals surface area (Å²) in [6, 6.07) is 13.0. The van der Waals surface area contributed by atoms with E-state index in [0.29, 0.717) is 28.6 Å². The second-order valence-electron chi connectivity index (χ2n) is 5.76. The fourth-order valence-corrected chi connectivity index (χ4v) is 2.83. The van der Waals surface area contributed by atoms with Gasteiger partial charge in [-0.15, -0.1) is 0 Å². The summed E-state index contributed by atoms with van der Waals surface area (Å²) in [5.74, 6) is 0.290. The third kappa shape index (κ3) is 4.03. The monoisotopic (exact) mass is 370 g/mol. The van der Waals surface area contributed by atoms with Gasteiger partial charge in [0, 0.05) is 24.0 Å². The van der Waals surface area contributed by atoms with Gasteiger partial charge in [-0.2, -0.15) is 5.10 Å². The third-order valence-corrected chi connectivity index (χ3v) is 4.32. The minimum atomic E-state index is -0.392. The van der Waals surface area contributed by atoms with Gasteiger partial charge in [-0.25, -0.2) is 9.78 Å². The van der Waals surface area contributed by atoms with Crippen molar-refractivity contribution in [3.05, 3.63) is 76.7 Å². The summed E-state index contributed by atoms with van der Waals surface area (Å²) in [7, 11) is 1.36. The molecule has 0 aliphatic heterocycles. The molecule has 0 bridgehead atoms. The predicted molar refractivity (Wildman–Crippen MR) is 101 cm³/mol. The van der Waals surface area contributed by atoms with Crippen LogP contribution in [0.25, 0.3) is 0 Å². The molecule has 7 heteroatoms. The zero-order chi connectivity index (χ0) is 18.5. The average Bonchev–Trinajstić information content (AvgIpc) is 3.17. The molecule has 0 fully saturated rings. The Labute approximate surface area is 156 Å². The first-order chi connectivity index (χ1) is 12.6. The van der Waals surface area contributed by atoms with Crippen LogP contribution in [0.4, 0.5) is 5.82 Å². The number of halogens is 1. The fourth-order valence-electron chi connectivity index (χ4n) is 2.70. The molecule has 0 radical (unpaired) electrons. The van der Waals surface area contributed by atoms with Crippen molar-refractivity contribution in [1.82, 2.24) is 14.8 Å². The van der Waals surface area contributed by atoms with Crippen molar-refractivity contribution in [2.24, 2.45) is 0 Å². The van der Waals surface area contributed by atoms with Crippen LogP contribution in [0.5, 0.6) is 0 Å². The van der Waals surface area contributed by atoms with E-state index in [1.165, 1.54) is 7.11 Å². The first-order valence-electron chi connectivity index (χ1n) is 8.13. The largest absolute Gasteiger partial charge is 0.465 e. The van der Waals surface area contributed by atoms with Crippen LogP contribution in [-0.2, 0) is 4.74 Å². The van der Waals surface area contributed by atoms with Crippen molar-refractivity contribution in [2.45, 2.75) is 13.0 Å². The van der Waals surface area contributed by atoms with Gasteiger partial charge in [0.25, 0.3) is 0 Å². The summed E-state index contributed by atoms with van der Waals surface area (Å²) in [6.45, 7) is 2.36. The summed E-state index contributed by atoms with van der Waals surface area (Å²) >= 11 is 6.00. The summed E-state index contributed by atoms with van der Waals surface area (Å²) in [5.41, 5.74) is 2.15. The number of aryl methyl sites for hydroxylation is 1. The Morgan fingerprint density at radius 1 is 1.27 bits per heavy atom. The number of anilines is 1. The van der Waals surface area contributed by atoms with Gasteiger partial charge in [0.1, 0.15) is 5.82 Å². The molecule has 6 nitrogen and oxygen atoms in total. The Morgan fingerprint density at radius 2 is 2.04 bits per heavy atom. The minimum Gasteiger partial charge on any atom is -0.465 e. The lowest BCUT2D eigenvalue weighted by atomic mass is 10.1. The highest BCUT2D eigenvalue weighted by atomic mass is 35.5. The number of carbonyl (C=O) groups is 1. The SMILES string of the molecule is COC(=O)c1ccc(NCC(c2ccc(Cl)cc2)n2cccn2)nc1C. The van der Waals surface area contributed by atoms with E-state index in [1.807, 2.05) is 41.2 Å². The molecule has 26 heavy (non-hydrogen) atoms. The molecule has 0 aliphatic rings. The zero-order valence-electron chi connectivity index (χ0n) is 14.5. The number of hydrogen-bond donors (Lipinski definition) is 1. The standard InChI is InChI=1S/C19H19ClN4O2/c1-13-16(19(25)26-2)8-9-18(23-13)21-12-17(24-11-3-10-22-24)14-4-6-15(20)7-5-14/h3-11,17H,12H2,1-2H3,(H,21,23). The minimum absolute atomic E-state index is 0.0235. The molecule has 3 rings (SSSR count). The van der Waals surface area contributed by atoms with Crippen LogP contribution >= 0.6 is 11.6 Å². The van der Waals surface area contributed by atoms with Crippen LogP contribution in [0.2, 0.25) is 5.02 Å². The first kappa shape index (κ1) is 17.9. The number of ether oxygens (including phenoxy) is 1. The highest BCUT2D eigenvalue weighted by Crippen LogP contribution is 2.21. The second-order valence-corrected chi connectivity index (χ2v) is 6.19. The van der Waals surface area contributed by atoms with Gasteiger partial charge in [-0.1, -0.05) is 23.7 Å². The maximum absolute atomic E-state index is 11.7. The molecule has 2 heterocycles. The lowest BCUT2D eigenvalue weighted by Gasteiger charge is -2.19. The van der Waals surface area contributed by atoms with E-state index in [4.69, 9.17) is 16.3 Å². The first-order valence-corrected chi connectivity index (χ1v) is 8.50. The molecule has 1 unspecified atom stereocenters. The number of nitrogens with zero attached hydrogens (tertiary/aromatic N) is 3. The number of esters is 1. The van der Waals surface area contributed by atoms with Gasteiger partial charge in [-0.3, -0.25) is 4.68 Å². The molecular weight excluding hydrogens is 352 g/mol. The number of rotatable bonds is 6. The molecule has 0 saturated carbocycles. The van der Waals surface area contributed by atoms with E-state index in [0.717, 1.165) is 5.56 Å². The second kappa shape index (κ2) is 8.01. The highest BCUT2D eigenvalue weighted by Gasteiger charge is 2.15. The van der Waals surface area contributed by atoms with Crippen molar-refractivity contribution >= 4 is 23.4 Å². The number of hydrogen-bond acceptors (Lipinski definition) is 5. The Morgan fingerprint density at radius 3 is 2.65 bits per heavy atom. The number of methoxy groups -OCH3 is 1. The zero-order valence-corrected chi connectivity index (χ0v) is 15.3. The van der Waals surface area contributed by atoms with Crippen molar-refractivity contribution in [3.8, 4) is 0 Å². The number of carbonyl (C=O) groups excluding carboxylic acids is 1. The van der Waals surface area contributed by atoms with Crippen molar-refractivity contribution < 1.29 is 9.53 Å². The van der Waals surface area contributed by atoms with Gasteiger partial charge in [-0.05, 0) is 42.8 Å². The molecular formula is C19H19ClN4O2. The number of benzene rings is 1. The Balaban J connectivity index is 1.79. The molecule has 0 amide bonds.